The fourth-order valence-electron chi connectivity index (χ4n) is 2.13. The van der Waals surface area contributed by atoms with Crippen molar-refractivity contribution in [3.05, 3.63) is 28.2 Å². The Bertz CT molecular complexity index is 499. The molecule has 1 aromatic carbocycles. The Morgan fingerprint density at radius 3 is 2.95 bits per heavy atom. The van der Waals surface area contributed by atoms with Crippen molar-refractivity contribution in [3.8, 4) is 0 Å². The number of nitrogens with zero attached hydrogens (tertiary/aromatic N) is 1. The molecule has 0 aromatic heterocycles. The summed E-state index contributed by atoms with van der Waals surface area (Å²) in [5.41, 5.74) is 0.0334. The molecule has 0 unspecified atom stereocenters. The number of aliphatic hydroxyl groups excluding tert-OH is 1. The first-order valence-electron chi connectivity index (χ1n) is 5.86. The van der Waals surface area contributed by atoms with Gasteiger partial charge in [-0.05, 0) is 34.8 Å². The molecule has 0 radical (unpaired) electrons. The van der Waals surface area contributed by atoms with Gasteiger partial charge in [0.05, 0.1) is 22.8 Å². The number of benzene rings is 1. The molecule has 2 N–H and O–H groups in total. The molecule has 1 aliphatic rings. The van der Waals surface area contributed by atoms with Gasteiger partial charge in [0.1, 0.15) is 11.6 Å². The van der Waals surface area contributed by atoms with Crippen LogP contribution in [-0.4, -0.2) is 35.2 Å². The molecule has 4 nitrogen and oxygen atoms in total. The Morgan fingerprint density at radius 1 is 1.53 bits per heavy atom. The third-order valence-electron chi connectivity index (χ3n) is 3.08. The molecule has 1 fully saturated rings. The Labute approximate surface area is 117 Å². The van der Waals surface area contributed by atoms with E-state index in [-0.39, 0.29) is 22.8 Å². The third kappa shape index (κ3) is 3.03. The number of halogens is 3. The van der Waals surface area contributed by atoms with Gasteiger partial charge in [0.25, 0.3) is 0 Å². The number of carbonyl (C=O) groups is 1. The minimum Gasteiger partial charge on any atom is -0.394 e. The van der Waals surface area contributed by atoms with Gasteiger partial charge in [0, 0.05) is 12.6 Å². The summed E-state index contributed by atoms with van der Waals surface area (Å²) in [4.78, 5) is 13.5. The van der Waals surface area contributed by atoms with Crippen molar-refractivity contribution in [2.24, 2.45) is 0 Å². The van der Waals surface area contributed by atoms with Gasteiger partial charge in [-0.1, -0.05) is 0 Å². The van der Waals surface area contributed by atoms with Crippen molar-refractivity contribution in [3.63, 3.8) is 0 Å². The Balaban J connectivity index is 2.15. The summed E-state index contributed by atoms with van der Waals surface area (Å²) in [6, 6.07) is 1.06. The van der Waals surface area contributed by atoms with Crippen molar-refractivity contribution in [2.45, 2.75) is 18.9 Å². The number of aliphatic hydroxyl groups is 1. The third-order valence-corrected chi connectivity index (χ3v) is 3.89. The molecule has 104 valence electrons. The smallest absolute Gasteiger partial charge is 0.322 e. The second-order valence-electron chi connectivity index (χ2n) is 4.35. The molecule has 1 heterocycles. The zero-order valence-electron chi connectivity index (χ0n) is 10.00. The normalized spacial score (nSPS) is 18.7. The van der Waals surface area contributed by atoms with Crippen LogP contribution in [0.15, 0.2) is 16.6 Å². The summed E-state index contributed by atoms with van der Waals surface area (Å²) < 4.78 is 26.4. The number of amides is 2. The van der Waals surface area contributed by atoms with Crippen LogP contribution in [0.5, 0.6) is 0 Å². The summed E-state index contributed by atoms with van der Waals surface area (Å²) in [7, 11) is 0. The van der Waals surface area contributed by atoms with E-state index in [0.717, 1.165) is 25.0 Å². The molecule has 0 spiro atoms. The van der Waals surface area contributed by atoms with E-state index in [1.54, 1.807) is 0 Å². The second-order valence-corrected chi connectivity index (χ2v) is 5.14. The molecule has 0 bridgehead atoms. The summed E-state index contributed by atoms with van der Waals surface area (Å²) in [5.74, 6) is -1.55. The molecule has 2 amide bonds. The van der Waals surface area contributed by atoms with E-state index < -0.39 is 17.7 Å². The lowest BCUT2D eigenvalue weighted by Gasteiger charge is -2.23. The van der Waals surface area contributed by atoms with E-state index >= 15 is 0 Å². The molecule has 1 aromatic rings. The first-order chi connectivity index (χ1) is 9.02. The molecule has 1 aliphatic heterocycles. The van der Waals surface area contributed by atoms with Crippen LogP contribution >= 0.6 is 15.9 Å². The molecule has 1 saturated heterocycles. The first-order valence-corrected chi connectivity index (χ1v) is 6.65. The van der Waals surface area contributed by atoms with Crippen molar-refractivity contribution in [2.75, 3.05) is 18.5 Å². The molecule has 0 saturated carbocycles. The van der Waals surface area contributed by atoms with Crippen LogP contribution in [0.4, 0.5) is 19.3 Å². The molecule has 19 heavy (non-hydrogen) atoms. The van der Waals surface area contributed by atoms with Crippen LogP contribution in [0, 0.1) is 11.6 Å². The molecule has 1 atom stereocenters. The number of carbonyl (C=O) groups excluding carboxylic acids is 1. The lowest BCUT2D eigenvalue weighted by atomic mass is 10.2. The summed E-state index contributed by atoms with van der Waals surface area (Å²) in [6.45, 7) is 0.401. The predicted octanol–water partition coefficient (Wildman–Crippen LogP) is 2.72. The van der Waals surface area contributed by atoms with E-state index in [9.17, 15) is 13.6 Å². The molecule has 0 aliphatic carbocycles. The Hall–Kier alpha value is -1.21. The number of hydrogen-bond donors (Lipinski definition) is 2. The van der Waals surface area contributed by atoms with E-state index in [4.69, 9.17) is 5.11 Å². The molecule has 7 heteroatoms. The maximum atomic E-state index is 13.3. The maximum Gasteiger partial charge on any atom is 0.322 e. The van der Waals surface area contributed by atoms with Gasteiger partial charge in [-0.2, -0.15) is 0 Å². The van der Waals surface area contributed by atoms with E-state index in [1.807, 2.05) is 0 Å². The molecular weight excluding hydrogens is 322 g/mol. The van der Waals surface area contributed by atoms with Gasteiger partial charge in [-0.3, -0.25) is 0 Å². The van der Waals surface area contributed by atoms with E-state index in [1.165, 1.54) is 4.90 Å². The first kappa shape index (κ1) is 14.2. The topological polar surface area (TPSA) is 52.6 Å². The Kier molecular flexibility index (Phi) is 4.36. The second kappa shape index (κ2) is 5.83. The summed E-state index contributed by atoms with van der Waals surface area (Å²) in [6.07, 6.45) is 1.53. The minimum atomic E-state index is -0.782. The van der Waals surface area contributed by atoms with Gasteiger partial charge in [-0.15, -0.1) is 0 Å². The number of rotatable bonds is 2. The van der Waals surface area contributed by atoms with Crippen LogP contribution < -0.4 is 5.32 Å². The Morgan fingerprint density at radius 2 is 2.26 bits per heavy atom. The number of hydrogen-bond acceptors (Lipinski definition) is 2. The fraction of sp³-hybridized carbons (Fsp3) is 0.417. The number of likely N-dealkylation sites (tertiary alicyclic amines) is 1. The highest BCUT2D eigenvalue weighted by Gasteiger charge is 2.28. The number of nitrogens with one attached hydrogen (secondary N) is 1. The molecule has 2 rings (SSSR count). The highest BCUT2D eigenvalue weighted by molar-refractivity contribution is 9.10. The van der Waals surface area contributed by atoms with Gasteiger partial charge >= 0.3 is 6.03 Å². The van der Waals surface area contributed by atoms with E-state index in [0.29, 0.717) is 6.54 Å². The average Bonchev–Trinajstić information content (AvgIpc) is 2.83. The standard InChI is InChI=1S/C12H13BrF2N2O2/c13-11-9(15)4-7(14)5-10(11)16-12(19)17-3-1-2-8(17)6-18/h4-5,8,18H,1-3,6H2,(H,16,19)/t8-/m0/s1. The SMILES string of the molecule is O=C(Nc1cc(F)cc(F)c1Br)N1CCC[C@H]1CO. The van der Waals surface area contributed by atoms with Gasteiger partial charge in [0.2, 0.25) is 0 Å². The van der Waals surface area contributed by atoms with Gasteiger partial charge < -0.3 is 15.3 Å². The zero-order valence-corrected chi connectivity index (χ0v) is 11.6. The van der Waals surface area contributed by atoms with Crippen molar-refractivity contribution in [1.82, 2.24) is 4.90 Å². The monoisotopic (exact) mass is 334 g/mol. The van der Waals surface area contributed by atoms with Crippen LogP contribution in [0.1, 0.15) is 12.8 Å². The quantitative estimate of drug-likeness (QED) is 0.817. The highest BCUT2D eigenvalue weighted by Crippen LogP contribution is 2.28. The summed E-state index contributed by atoms with van der Waals surface area (Å²) >= 11 is 2.96. The highest BCUT2D eigenvalue weighted by atomic mass is 79.9. The minimum absolute atomic E-state index is 0.00185. The predicted molar refractivity (Wildman–Crippen MR) is 69.9 cm³/mol. The van der Waals surface area contributed by atoms with Crippen molar-refractivity contribution in [1.29, 1.82) is 0 Å². The lowest BCUT2D eigenvalue weighted by molar-refractivity contribution is 0.166. The van der Waals surface area contributed by atoms with Gasteiger partial charge in [-0.25, -0.2) is 13.6 Å². The van der Waals surface area contributed by atoms with Crippen molar-refractivity contribution >= 4 is 27.6 Å². The zero-order chi connectivity index (χ0) is 14.0. The lowest BCUT2D eigenvalue weighted by Crippen LogP contribution is -2.40. The van der Waals surface area contributed by atoms with Gasteiger partial charge in [0.15, 0.2) is 0 Å². The molecular formula is C12H13BrF2N2O2. The average molecular weight is 335 g/mol. The fourth-order valence-corrected chi connectivity index (χ4v) is 2.45. The van der Waals surface area contributed by atoms with Crippen molar-refractivity contribution < 1.29 is 18.7 Å². The largest absolute Gasteiger partial charge is 0.394 e. The van der Waals surface area contributed by atoms with Crippen LogP contribution in [0.25, 0.3) is 0 Å². The maximum absolute atomic E-state index is 13.3. The number of urea groups is 1. The van der Waals surface area contributed by atoms with Crippen LogP contribution in [-0.2, 0) is 0 Å². The van der Waals surface area contributed by atoms with Crippen LogP contribution in [0.2, 0.25) is 0 Å². The van der Waals surface area contributed by atoms with E-state index in [2.05, 4.69) is 21.2 Å². The summed E-state index contributed by atoms with van der Waals surface area (Å²) in [5, 5.41) is 11.6. The number of anilines is 1. The van der Waals surface area contributed by atoms with Crippen LogP contribution in [0.3, 0.4) is 0 Å².